The molecule has 0 aliphatic carbocycles. The second kappa shape index (κ2) is 10.5. The molecule has 8 nitrogen and oxygen atoms in total. The number of rotatable bonds is 9. The number of ketones is 1. The number of ether oxygens (including phenoxy) is 1. The molecule has 2 aliphatic rings. The zero-order valence-corrected chi connectivity index (χ0v) is 20.6. The molecule has 5 heterocycles. The zero-order valence-electron chi connectivity index (χ0n) is 20.6. The van der Waals surface area contributed by atoms with Gasteiger partial charge < -0.3 is 19.7 Å². The third-order valence-electron chi connectivity index (χ3n) is 7.35. The lowest BCUT2D eigenvalue weighted by Gasteiger charge is -2.29. The van der Waals surface area contributed by atoms with Gasteiger partial charge in [0.1, 0.15) is 5.82 Å². The van der Waals surface area contributed by atoms with E-state index in [1.165, 1.54) is 12.7 Å². The Labute approximate surface area is 210 Å². The molecule has 3 aromatic rings. The molecule has 188 valence electrons. The smallest absolute Gasteiger partial charge is 0.303 e. The summed E-state index contributed by atoms with van der Waals surface area (Å²) in [5.41, 5.74) is 4.95. The molecule has 3 aromatic heterocycles. The minimum absolute atomic E-state index is 0.0111. The molecule has 0 fully saturated rings. The van der Waals surface area contributed by atoms with Gasteiger partial charge in [-0.1, -0.05) is 12.1 Å². The molecule has 0 aromatic carbocycles. The summed E-state index contributed by atoms with van der Waals surface area (Å²) in [4.78, 5) is 34.2. The molecule has 2 aliphatic heterocycles. The van der Waals surface area contributed by atoms with Crippen molar-refractivity contribution in [2.75, 3.05) is 19.0 Å². The van der Waals surface area contributed by atoms with E-state index in [0.29, 0.717) is 24.5 Å². The average molecular weight is 489 g/mol. The number of nitrogens with one attached hydrogen (secondary N) is 1. The standard InChI is InChI=1S/C28H32N4O4/c1-36-25-10-8-20(16-30-25)23(15-26(33)34)22-11-13-32-17-18(14-24(32)27(22)35)4-2-6-21-9-7-19-5-3-12-29-28(19)31-21/h7-10,14,16-17,22-23H,2-6,11-13,15H2,1H3,(H,29,31)(H,33,34). The lowest BCUT2D eigenvalue weighted by Crippen LogP contribution is -2.31. The topological polar surface area (TPSA) is 106 Å². The Hall–Kier alpha value is -3.68. The minimum Gasteiger partial charge on any atom is -0.481 e. The van der Waals surface area contributed by atoms with Crippen LogP contribution in [0.5, 0.6) is 5.88 Å². The van der Waals surface area contributed by atoms with E-state index >= 15 is 0 Å². The molecule has 5 rings (SSSR count). The van der Waals surface area contributed by atoms with Crippen LogP contribution in [0, 0.1) is 5.92 Å². The molecule has 0 radical (unpaired) electrons. The number of methoxy groups -OCH3 is 1. The molecule has 0 saturated carbocycles. The van der Waals surface area contributed by atoms with Crippen molar-refractivity contribution in [1.82, 2.24) is 14.5 Å². The second-order valence-corrected chi connectivity index (χ2v) is 9.72. The number of aliphatic carboxylic acids is 1. The van der Waals surface area contributed by atoms with Crippen LogP contribution in [-0.2, 0) is 30.6 Å². The number of hydrogen-bond acceptors (Lipinski definition) is 6. The summed E-state index contributed by atoms with van der Waals surface area (Å²) in [5.74, 6) is -0.239. The van der Waals surface area contributed by atoms with Crippen molar-refractivity contribution in [2.24, 2.45) is 5.92 Å². The number of Topliss-reactive ketones (excluding diaryl/α,β-unsaturated/α-hetero) is 1. The fourth-order valence-corrected chi connectivity index (χ4v) is 5.48. The van der Waals surface area contributed by atoms with E-state index in [4.69, 9.17) is 9.72 Å². The highest BCUT2D eigenvalue weighted by Gasteiger charge is 2.36. The Morgan fingerprint density at radius 1 is 1.28 bits per heavy atom. The highest BCUT2D eigenvalue weighted by atomic mass is 16.5. The second-order valence-electron chi connectivity index (χ2n) is 9.72. The van der Waals surface area contributed by atoms with Crippen molar-refractivity contribution in [3.8, 4) is 5.88 Å². The summed E-state index contributed by atoms with van der Waals surface area (Å²) in [7, 11) is 1.54. The van der Waals surface area contributed by atoms with Crippen LogP contribution in [0.25, 0.3) is 0 Å². The molecule has 2 unspecified atom stereocenters. The first-order chi connectivity index (χ1) is 17.5. The summed E-state index contributed by atoms with van der Waals surface area (Å²) < 4.78 is 7.15. The molecule has 0 spiro atoms. The molecule has 36 heavy (non-hydrogen) atoms. The maximum Gasteiger partial charge on any atom is 0.303 e. The number of anilines is 1. The summed E-state index contributed by atoms with van der Waals surface area (Å²) in [6, 6.07) is 9.83. The highest BCUT2D eigenvalue weighted by Crippen LogP contribution is 2.37. The molecular weight excluding hydrogens is 456 g/mol. The molecular formula is C28H32N4O4. The van der Waals surface area contributed by atoms with Gasteiger partial charge in [0, 0.05) is 49.1 Å². The molecule has 8 heteroatoms. The number of nitrogens with zero attached hydrogens (tertiary/aromatic N) is 3. The van der Waals surface area contributed by atoms with E-state index in [9.17, 15) is 14.7 Å². The Bertz CT molecular complexity index is 1250. The first-order valence-electron chi connectivity index (χ1n) is 12.7. The molecule has 0 amide bonds. The van der Waals surface area contributed by atoms with E-state index < -0.39 is 17.8 Å². The maximum absolute atomic E-state index is 13.5. The van der Waals surface area contributed by atoms with E-state index in [-0.39, 0.29) is 12.2 Å². The Balaban J connectivity index is 1.26. The molecule has 2 atom stereocenters. The van der Waals surface area contributed by atoms with E-state index in [1.54, 1.807) is 12.3 Å². The van der Waals surface area contributed by atoms with Crippen LogP contribution in [0.15, 0.2) is 42.7 Å². The van der Waals surface area contributed by atoms with Crippen molar-refractivity contribution < 1.29 is 19.4 Å². The van der Waals surface area contributed by atoms with Crippen LogP contribution in [0.3, 0.4) is 0 Å². The van der Waals surface area contributed by atoms with Crippen LogP contribution in [0.4, 0.5) is 5.82 Å². The van der Waals surface area contributed by atoms with Gasteiger partial charge in [0.2, 0.25) is 5.88 Å². The van der Waals surface area contributed by atoms with Crippen LogP contribution >= 0.6 is 0 Å². The molecule has 2 N–H and O–H groups in total. The number of hydrogen-bond donors (Lipinski definition) is 2. The fraction of sp³-hybridized carbons (Fsp3) is 0.429. The van der Waals surface area contributed by atoms with Gasteiger partial charge in [0.15, 0.2) is 5.78 Å². The van der Waals surface area contributed by atoms with Gasteiger partial charge in [0.05, 0.1) is 19.2 Å². The normalized spacial score (nSPS) is 17.6. The lowest BCUT2D eigenvalue weighted by molar-refractivity contribution is -0.137. The maximum atomic E-state index is 13.5. The first-order valence-corrected chi connectivity index (χ1v) is 12.7. The van der Waals surface area contributed by atoms with Gasteiger partial charge in [-0.2, -0.15) is 0 Å². The number of aromatic nitrogens is 3. The summed E-state index contributed by atoms with van der Waals surface area (Å²) in [5, 5.41) is 12.9. The number of fused-ring (bicyclic) bond motifs is 2. The zero-order chi connectivity index (χ0) is 25.1. The predicted octanol–water partition coefficient (Wildman–Crippen LogP) is 4.28. The predicted molar refractivity (Wildman–Crippen MR) is 136 cm³/mol. The quantitative estimate of drug-likeness (QED) is 0.463. The van der Waals surface area contributed by atoms with Gasteiger partial charge in [-0.15, -0.1) is 0 Å². The fourth-order valence-electron chi connectivity index (χ4n) is 5.48. The average Bonchev–Trinajstić information content (AvgIpc) is 3.32. The lowest BCUT2D eigenvalue weighted by atomic mass is 9.77. The molecule has 0 saturated heterocycles. The van der Waals surface area contributed by atoms with Gasteiger partial charge >= 0.3 is 5.97 Å². The first kappa shape index (κ1) is 24.0. The third kappa shape index (κ3) is 5.12. The SMILES string of the molecule is COc1ccc(C(CC(=O)O)C2CCn3cc(CCCc4ccc5c(n4)NCCC5)cc3C2=O)cn1. The Kier molecular flexibility index (Phi) is 7.02. The minimum atomic E-state index is -0.920. The van der Waals surface area contributed by atoms with Crippen LogP contribution in [-0.4, -0.2) is 45.0 Å². The summed E-state index contributed by atoms with van der Waals surface area (Å²) in [6.45, 7) is 1.68. The summed E-state index contributed by atoms with van der Waals surface area (Å²) >= 11 is 0. The number of pyridine rings is 2. The number of aryl methyl sites for hydroxylation is 4. The van der Waals surface area contributed by atoms with Gasteiger partial charge in [-0.25, -0.2) is 9.97 Å². The third-order valence-corrected chi connectivity index (χ3v) is 7.35. The van der Waals surface area contributed by atoms with Crippen molar-refractivity contribution in [2.45, 2.75) is 57.4 Å². The van der Waals surface area contributed by atoms with Crippen molar-refractivity contribution in [3.63, 3.8) is 0 Å². The van der Waals surface area contributed by atoms with Crippen molar-refractivity contribution >= 4 is 17.6 Å². The molecule has 0 bridgehead atoms. The van der Waals surface area contributed by atoms with Gasteiger partial charge in [-0.3, -0.25) is 9.59 Å². The Morgan fingerprint density at radius 3 is 2.94 bits per heavy atom. The largest absolute Gasteiger partial charge is 0.481 e. The number of carboxylic acid groups (broad SMARTS) is 1. The number of carbonyl (C=O) groups excluding carboxylic acids is 1. The van der Waals surface area contributed by atoms with Crippen molar-refractivity contribution in [1.29, 1.82) is 0 Å². The van der Waals surface area contributed by atoms with Crippen LogP contribution in [0.2, 0.25) is 0 Å². The van der Waals surface area contributed by atoms with Crippen LogP contribution < -0.4 is 10.1 Å². The van der Waals surface area contributed by atoms with E-state index in [1.807, 2.05) is 16.7 Å². The van der Waals surface area contributed by atoms with E-state index in [2.05, 4.69) is 28.6 Å². The van der Waals surface area contributed by atoms with E-state index in [0.717, 1.165) is 61.3 Å². The van der Waals surface area contributed by atoms with Gasteiger partial charge in [-0.05, 0) is 67.3 Å². The Morgan fingerprint density at radius 2 is 2.17 bits per heavy atom. The summed E-state index contributed by atoms with van der Waals surface area (Å²) in [6.07, 6.45) is 9.14. The number of carboxylic acids is 1. The van der Waals surface area contributed by atoms with Crippen molar-refractivity contribution in [3.05, 3.63) is 70.8 Å². The highest BCUT2D eigenvalue weighted by molar-refractivity contribution is 5.98. The monoisotopic (exact) mass is 488 g/mol. The van der Waals surface area contributed by atoms with Crippen LogP contribution in [0.1, 0.15) is 64.5 Å². The van der Waals surface area contributed by atoms with Gasteiger partial charge in [0.25, 0.3) is 0 Å². The number of carbonyl (C=O) groups is 2.